The Kier molecular flexibility index (Phi) is 3.66. The van der Waals surface area contributed by atoms with Gasteiger partial charge in [0.1, 0.15) is 0 Å². The van der Waals surface area contributed by atoms with Crippen molar-refractivity contribution in [3.63, 3.8) is 0 Å². The molecule has 4 unspecified atom stereocenters. The van der Waals surface area contributed by atoms with Gasteiger partial charge in [-0.25, -0.2) is 0 Å². The van der Waals surface area contributed by atoms with Crippen molar-refractivity contribution in [1.82, 2.24) is 0 Å². The van der Waals surface area contributed by atoms with Crippen molar-refractivity contribution in [3.8, 4) is 0 Å². The monoisotopic (exact) mass is 196 g/mol. The van der Waals surface area contributed by atoms with E-state index in [1.54, 1.807) is 0 Å². The maximum atomic E-state index is 2.47. The number of hydrogen-bond acceptors (Lipinski definition) is 0. The zero-order valence-corrected chi connectivity index (χ0v) is 10.9. The highest BCUT2D eigenvalue weighted by Gasteiger charge is 2.36. The van der Waals surface area contributed by atoms with E-state index in [1.165, 1.54) is 19.3 Å². The Balaban J connectivity index is 2.79. The van der Waals surface area contributed by atoms with Crippen LogP contribution in [0.5, 0.6) is 0 Å². The summed E-state index contributed by atoms with van der Waals surface area (Å²) < 4.78 is 0. The Morgan fingerprint density at radius 2 is 1.43 bits per heavy atom. The number of hydrogen-bond donors (Lipinski definition) is 0. The van der Waals surface area contributed by atoms with E-state index in [0.717, 1.165) is 23.7 Å². The summed E-state index contributed by atoms with van der Waals surface area (Å²) in [7, 11) is 0. The molecule has 0 saturated heterocycles. The Bertz CT molecular complexity index is 175. The lowest BCUT2D eigenvalue weighted by atomic mass is 9.67. The van der Waals surface area contributed by atoms with Crippen LogP contribution in [0, 0.1) is 29.1 Å². The Labute approximate surface area is 90.5 Å². The van der Waals surface area contributed by atoms with Crippen LogP contribution in [0.1, 0.15) is 60.8 Å². The molecule has 1 aliphatic carbocycles. The summed E-state index contributed by atoms with van der Waals surface area (Å²) >= 11 is 0. The van der Waals surface area contributed by atoms with Gasteiger partial charge in [0.15, 0.2) is 0 Å². The van der Waals surface area contributed by atoms with E-state index >= 15 is 0 Å². The van der Waals surface area contributed by atoms with Crippen LogP contribution in [0.3, 0.4) is 0 Å². The summed E-state index contributed by atoms with van der Waals surface area (Å²) in [5, 5.41) is 0. The van der Waals surface area contributed by atoms with Crippen LogP contribution < -0.4 is 0 Å². The van der Waals surface area contributed by atoms with Crippen molar-refractivity contribution in [3.05, 3.63) is 0 Å². The molecule has 0 spiro atoms. The first kappa shape index (κ1) is 12.1. The van der Waals surface area contributed by atoms with Crippen LogP contribution in [0.4, 0.5) is 0 Å². The molecule has 0 aliphatic heterocycles. The third-order valence-corrected chi connectivity index (χ3v) is 4.12. The molecule has 1 aliphatic rings. The quantitative estimate of drug-likeness (QED) is 0.491. The van der Waals surface area contributed by atoms with E-state index in [0.29, 0.717) is 5.41 Å². The molecular formula is C14H28. The van der Waals surface area contributed by atoms with Crippen molar-refractivity contribution in [2.24, 2.45) is 29.1 Å². The highest BCUT2D eigenvalue weighted by molar-refractivity contribution is 4.85. The van der Waals surface area contributed by atoms with Gasteiger partial charge in [-0.3, -0.25) is 0 Å². The van der Waals surface area contributed by atoms with Crippen LogP contribution in [0.25, 0.3) is 0 Å². The fourth-order valence-electron chi connectivity index (χ4n) is 3.89. The van der Waals surface area contributed by atoms with E-state index in [2.05, 4.69) is 41.5 Å². The van der Waals surface area contributed by atoms with Gasteiger partial charge in [-0.2, -0.15) is 0 Å². The first-order valence-electron chi connectivity index (χ1n) is 6.32. The first-order valence-corrected chi connectivity index (χ1v) is 6.32. The van der Waals surface area contributed by atoms with Gasteiger partial charge in [-0.1, -0.05) is 54.4 Å². The Morgan fingerprint density at radius 3 is 1.93 bits per heavy atom. The molecule has 0 heterocycles. The second kappa shape index (κ2) is 4.24. The minimum atomic E-state index is 0.489. The molecule has 0 aromatic carbocycles. The smallest absolute Gasteiger partial charge is 0.0314 e. The largest absolute Gasteiger partial charge is 0.0625 e. The van der Waals surface area contributed by atoms with Crippen LogP contribution in [-0.2, 0) is 0 Å². The normalized spacial score (nSPS) is 40.7. The van der Waals surface area contributed by atoms with Gasteiger partial charge >= 0.3 is 0 Å². The van der Waals surface area contributed by atoms with Gasteiger partial charge in [0.2, 0.25) is 0 Å². The predicted molar refractivity (Wildman–Crippen MR) is 64.3 cm³/mol. The average molecular weight is 196 g/mol. The first-order chi connectivity index (χ1) is 6.32. The summed E-state index contributed by atoms with van der Waals surface area (Å²) in [5.41, 5.74) is 0.489. The van der Waals surface area contributed by atoms with Crippen LogP contribution >= 0.6 is 0 Å². The van der Waals surface area contributed by atoms with Crippen LogP contribution in [0.2, 0.25) is 0 Å². The molecule has 0 aromatic heterocycles. The fraction of sp³-hybridized carbons (Fsp3) is 1.00. The SMILES string of the molecule is CC1CCC(C)C(C(C)(C)C)C(C)C1. The van der Waals surface area contributed by atoms with Gasteiger partial charge in [-0.15, -0.1) is 0 Å². The summed E-state index contributed by atoms with van der Waals surface area (Å²) in [6.45, 7) is 14.6. The molecule has 1 rings (SSSR count). The van der Waals surface area contributed by atoms with Crippen molar-refractivity contribution in [2.45, 2.75) is 60.8 Å². The van der Waals surface area contributed by atoms with Crippen molar-refractivity contribution >= 4 is 0 Å². The van der Waals surface area contributed by atoms with Gasteiger partial charge < -0.3 is 0 Å². The number of rotatable bonds is 0. The predicted octanol–water partition coefficient (Wildman–Crippen LogP) is 4.74. The molecule has 0 nitrogen and oxygen atoms in total. The van der Waals surface area contributed by atoms with Gasteiger partial charge in [0, 0.05) is 0 Å². The topological polar surface area (TPSA) is 0 Å². The van der Waals surface area contributed by atoms with E-state index in [9.17, 15) is 0 Å². The van der Waals surface area contributed by atoms with E-state index in [1.807, 2.05) is 0 Å². The lowest BCUT2D eigenvalue weighted by molar-refractivity contribution is 0.106. The van der Waals surface area contributed by atoms with Crippen LogP contribution in [-0.4, -0.2) is 0 Å². The molecule has 14 heavy (non-hydrogen) atoms. The molecule has 0 heteroatoms. The minimum Gasteiger partial charge on any atom is -0.0625 e. The minimum absolute atomic E-state index is 0.489. The van der Waals surface area contributed by atoms with Crippen LogP contribution in [0.15, 0.2) is 0 Å². The summed E-state index contributed by atoms with van der Waals surface area (Å²) in [6.07, 6.45) is 4.32. The van der Waals surface area contributed by atoms with E-state index < -0.39 is 0 Å². The standard InChI is InChI=1S/C14H28/c1-10-7-8-11(2)13(12(3)9-10)14(4,5)6/h10-13H,7-9H2,1-6H3. The van der Waals surface area contributed by atoms with Gasteiger partial charge in [0.25, 0.3) is 0 Å². The lowest BCUT2D eigenvalue weighted by Crippen LogP contribution is -2.31. The molecule has 84 valence electrons. The molecule has 1 saturated carbocycles. The molecule has 1 fully saturated rings. The molecule has 0 aromatic rings. The van der Waals surface area contributed by atoms with Crippen molar-refractivity contribution in [1.29, 1.82) is 0 Å². The zero-order valence-electron chi connectivity index (χ0n) is 10.9. The average Bonchev–Trinajstić information content (AvgIpc) is 2.08. The lowest BCUT2D eigenvalue weighted by Gasteiger charge is -2.38. The van der Waals surface area contributed by atoms with Gasteiger partial charge in [0.05, 0.1) is 0 Å². The molecule has 0 radical (unpaired) electrons. The molecule has 0 amide bonds. The van der Waals surface area contributed by atoms with Crippen molar-refractivity contribution in [2.75, 3.05) is 0 Å². The zero-order chi connectivity index (χ0) is 10.9. The molecular weight excluding hydrogens is 168 g/mol. The summed E-state index contributed by atoms with van der Waals surface area (Å²) in [6, 6.07) is 0. The summed E-state index contributed by atoms with van der Waals surface area (Å²) in [5.74, 6) is 3.67. The highest BCUT2D eigenvalue weighted by Crippen LogP contribution is 2.44. The van der Waals surface area contributed by atoms with Crippen molar-refractivity contribution < 1.29 is 0 Å². The van der Waals surface area contributed by atoms with E-state index in [-0.39, 0.29) is 0 Å². The Hall–Kier alpha value is 0. The fourth-order valence-corrected chi connectivity index (χ4v) is 3.89. The maximum absolute atomic E-state index is 2.47. The maximum Gasteiger partial charge on any atom is -0.0314 e. The third kappa shape index (κ3) is 2.74. The van der Waals surface area contributed by atoms with Gasteiger partial charge in [-0.05, 0) is 35.5 Å². The molecule has 0 N–H and O–H groups in total. The summed E-state index contributed by atoms with van der Waals surface area (Å²) in [4.78, 5) is 0. The second-order valence-corrected chi connectivity index (χ2v) is 6.76. The molecule has 0 bridgehead atoms. The third-order valence-electron chi connectivity index (χ3n) is 4.12. The molecule has 4 atom stereocenters. The van der Waals surface area contributed by atoms with E-state index in [4.69, 9.17) is 0 Å². The second-order valence-electron chi connectivity index (χ2n) is 6.76. The Morgan fingerprint density at radius 1 is 0.857 bits per heavy atom. The highest BCUT2D eigenvalue weighted by atomic mass is 14.4.